The lowest BCUT2D eigenvalue weighted by atomic mass is 10.1. The maximum absolute atomic E-state index is 5.73. The van der Waals surface area contributed by atoms with Crippen LogP contribution >= 0.6 is 15.9 Å². The molecule has 3 heteroatoms. The van der Waals surface area contributed by atoms with Gasteiger partial charge in [-0.15, -0.1) is 0 Å². The lowest BCUT2D eigenvalue weighted by Gasteiger charge is -2.07. The summed E-state index contributed by atoms with van der Waals surface area (Å²) in [7, 11) is 0. The average molecular weight is 334 g/mol. The van der Waals surface area contributed by atoms with Crippen molar-refractivity contribution in [1.29, 1.82) is 0 Å². The van der Waals surface area contributed by atoms with Gasteiger partial charge < -0.3 is 4.74 Å². The Morgan fingerprint density at radius 1 is 1.00 bits per heavy atom. The molecule has 0 aliphatic carbocycles. The van der Waals surface area contributed by atoms with E-state index >= 15 is 0 Å². The molecule has 20 heavy (non-hydrogen) atoms. The van der Waals surface area contributed by atoms with Crippen LogP contribution in [0.15, 0.2) is 47.1 Å². The van der Waals surface area contributed by atoms with Crippen LogP contribution in [0, 0.1) is 0 Å². The second-order valence-corrected chi connectivity index (χ2v) is 5.71. The van der Waals surface area contributed by atoms with Gasteiger partial charge in [0, 0.05) is 16.2 Å². The third-order valence-corrected chi connectivity index (χ3v) is 3.61. The standard InChI is InChI=1S/C17H20BrNO/c1-2-3-4-5-12-20-16-9-6-14(7-10-16)17-11-8-15(18)13-19-17/h6-11,13H,2-5,12H2,1H3. The monoisotopic (exact) mass is 333 g/mol. The first-order valence-corrected chi connectivity index (χ1v) is 7.93. The molecule has 0 atom stereocenters. The van der Waals surface area contributed by atoms with Crippen LogP contribution < -0.4 is 4.74 Å². The highest BCUT2D eigenvalue weighted by Gasteiger charge is 2.00. The van der Waals surface area contributed by atoms with E-state index in [0.717, 1.165) is 34.5 Å². The molecule has 0 saturated heterocycles. The third-order valence-electron chi connectivity index (χ3n) is 3.14. The second-order valence-electron chi connectivity index (χ2n) is 4.80. The minimum absolute atomic E-state index is 0.801. The van der Waals surface area contributed by atoms with Crippen molar-refractivity contribution in [3.63, 3.8) is 0 Å². The van der Waals surface area contributed by atoms with Crippen LogP contribution in [0.3, 0.4) is 0 Å². The Bertz CT molecular complexity index is 508. The van der Waals surface area contributed by atoms with Gasteiger partial charge in [-0.25, -0.2) is 0 Å². The molecular weight excluding hydrogens is 314 g/mol. The van der Waals surface area contributed by atoms with Crippen LogP contribution in [0.1, 0.15) is 32.6 Å². The molecule has 106 valence electrons. The van der Waals surface area contributed by atoms with Crippen molar-refractivity contribution >= 4 is 15.9 Å². The summed E-state index contributed by atoms with van der Waals surface area (Å²) in [5.74, 6) is 0.933. The van der Waals surface area contributed by atoms with E-state index in [-0.39, 0.29) is 0 Å². The Hall–Kier alpha value is -1.35. The lowest BCUT2D eigenvalue weighted by molar-refractivity contribution is 0.305. The number of nitrogens with zero attached hydrogens (tertiary/aromatic N) is 1. The number of hydrogen-bond acceptors (Lipinski definition) is 2. The van der Waals surface area contributed by atoms with Gasteiger partial charge in [0.1, 0.15) is 5.75 Å². The van der Waals surface area contributed by atoms with Gasteiger partial charge in [0.2, 0.25) is 0 Å². The van der Waals surface area contributed by atoms with Gasteiger partial charge in [-0.05, 0) is 58.7 Å². The summed E-state index contributed by atoms with van der Waals surface area (Å²) in [6.07, 6.45) is 6.74. The molecular formula is C17H20BrNO. The van der Waals surface area contributed by atoms with Crippen LogP contribution in [0.5, 0.6) is 5.75 Å². The molecule has 2 nitrogen and oxygen atoms in total. The Morgan fingerprint density at radius 2 is 1.80 bits per heavy atom. The fourth-order valence-corrected chi connectivity index (χ4v) is 2.22. The summed E-state index contributed by atoms with van der Waals surface area (Å²) >= 11 is 3.39. The SMILES string of the molecule is CCCCCCOc1ccc(-c2ccc(Br)cn2)cc1. The molecule has 1 aromatic carbocycles. The van der Waals surface area contributed by atoms with E-state index in [1.807, 2.05) is 30.5 Å². The highest BCUT2D eigenvalue weighted by molar-refractivity contribution is 9.10. The minimum atomic E-state index is 0.801. The molecule has 0 saturated carbocycles. The van der Waals surface area contributed by atoms with E-state index in [1.54, 1.807) is 0 Å². The zero-order valence-corrected chi connectivity index (χ0v) is 13.4. The summed E-state index contributed by atoms with van der Waals surface area (Å²) in [6.45, 7) is 3.02. The molecule has 2 rings (SSSR count). The zero-order chi connectivity index (χ0) is 14.2. The van der Waals surface area contributed by atoms with E-state index < -0.39 is 0 Å². The molecule has 0 unspecified atom stereocenters. The summed E-state index contributed by atoms with van der Waals surface area (Å²) in [5.41, 5.74) is 2.08. The predicted molar refractivity (Wildman–Crippen MR) is 87.0 cm³/mol. The van der Waals surface area contributed by atoms with Gasteiger partial charge in [0.25, 0.3) is 0 Å². The van der Waals surface area contributed by atoms with E-state index in [0.29, 0.717) is 0 Å². The fourth-order valence-electron chi connectivity index (χ4n) is 1.99. The largest absolute Gasteiger partial charge is 0.494 e. The van der Waals surface area contributed by atoms with Crippen LogP contribution in [-0.4, -0.2) is 11.6 Å². The number of hydrogen-bond donors (Lipinski definition) is 0. The average Bonchev–Trinajstić information content (AvgIpc) is 2.49. The first-order chi connectivity index (χ1) is 9.79. The smallest absolute Gasteiger partial charge is 0.119 e. The molecule has 0 radical (unpaired) electrons. The maximum Gasteiger partial charge on any atom is 0.119 e. The summed E-state index contributed by atoms with van der Waals surface area (Å²) in [6, 6.07) is 12.1. The summed E-state index contributed by atoms with van der Waals surface area (Å²) in [4.78, 5) is 4.39. The van der Waals surface area contributed by atoms with Crippen molar-refractivity contribution in [1.82, 2.24) is 4.98 Å². The van der Waals surface area contributed by atoms with Gasteiger partial charge in [-0.3, -0.25) is 4.98 Å². The number of ether oxygens (including phenoxy) is 1. The third kappa shape index (κ3) is 4.64. The van der Waals surface area contributed by atoms with Crippen molar-refractivity contribution in [3.8, 4) is 17.0 Å². The quantitative estimate of drug-likeness (QED) is 0.626. The maximum atomic E-state index is 5.73. The van der Waals surface area contributed by atoms with Crippen molar-refractivity contribution in [2.24, 2.45) is 0 Å². The number of rotatable bonds is 7. The molecule has 0 fully saturated rings. The van der Waals surface area contributed by atoms with Crippen LogP contribution in [0.25, 0.3) is 11.3 Å². The van der Waals surface area contributed by atoms with E-state index in [4.69, 9.17) is 4.74 Å². The van der Waals surface area contributed by atoms with E-state index in [9.17, 15) is 0 Å². The molecule has 0 aliphatic rings. The Kier molecular flexibility index (Phi) is 6.06. The van der Waals surface area contributed by atoms with Gasteiger partial charge in [-0.1, -0.05) is 26.2 Å². The van der Waals surface area contributed by atoms with Gasteiger partial charge in [-0.2, -0.15) is 0 Å². The number of aromatic nitrogens is 1. The van der Waals surface area contributed by atoms with Crippen molar-refractivity contribution in [2.45, 2.75) is 32.6 Å². The predicted octanol–water partition coefficient (Wildman–Crippen LogP) is 5.47. The van der Waals surface area contributed by atoms with Crippen LogP contribution in [-0.2, 0) is 0 Å². The topological polar surface area (TPSA) is 22.1 Å². The van der Waals surface area contributed by atoms with Crippen molar-refractivity contribution in [2.75, 3.05) is 6.61 Å². The Labute approximate surface area is 129 Å². The summed E-state index contributed by atoms with van der Waals surface area (Å²) < 4.78 is 6.73. The molecule has 1 heterocycles. The Morgan fingerprint density at radius 3 is 2.45 bits per heavy atom. The van der Waals surface area contributed by atoms with Crippen molar-refractivity contribution in [3.05, 3.63) is 47.1 Å². The highest BCUT2D eigenvalue weighted by atomic mass is 79.9. The number of benzene rings is 1. The lowest BCUT2D eigenvalue weighted by Crippen LogP contribution is -1.97. The van der Waals surface area contributed by atoms with Crippen molar-refractivity contribution < 1.29 is 4.74 Å². The number of pyridine rings is 1. The normalized spacial score (nSPS) is 10.5. The second kappa shape index (κ2) is 8.05. The van der Waals surface area contributed by atoms with E-state index in [1.165, 1.54) is 19.3 Å². The fraction of sp³-hybridized carbons (Fsp3) is 0.353. The minimum Gasteiger partial charge on any atom is -0.494 e. The zero-order valence-electron chi connectivity index (χ0n) is 11.8. The molecule has 2 aromatic rings. The number of unbranched alkanes of at least 4 members (excludes halogenated alkanes) is 3. The molecule has 0 bridgehead atoms. The van der Waals surface area contributed by atoms with Gasteiger partial charge in [0.15, 0.2) is 0 Å². The highest BCUT2D eigenvalue weighted by Crippen LogP contribution is 2.22. The molecule has 1 aromatic heterocycles. The summed E-state index contributed by atoms with van der Waals surface area (Å²) in [5, 5.41) is 0. The van der Waals surface area contributed by atoms with Gasteiger partial charge >= 0.3 is 0 Å². The molecule has 0 N–H and O–H groups in total. The molecule has 0 aliphatic heterocycles. The first-order valence-electron chi connectivity index (χ1n) is 7.14. The van der Waals surface area contributed by atoms with Gasteiger partial charge in [0.05, 0.1) is 12.3 Å². The molecule has 0 amide bonds. The first kappa shape index (κ1) is 15.0. The number of halogens is 1. The van der Waals surface area contributed by atoms with Crippen LogP contribution in [0.2, 0.25) is 0 Å². The van der Waals surface area contributed by atoms with E-state index in [2.05, 4.69) is 40.0 Å². The Balaban J connectivity index is 1.88. The van der Waals surface area contributed by atoms with Crippen LogP contribution in [0.4, 0.5) is 0 Å². The molecule has 0 spiro atoms.